The minimum absolute atomic E-state index is 0. The smallest absolute Gasteiger partial charge is 0.191 e. The van der Waals surface area contributed by atoms with Crippen LogP contribution in [0.15, 0.2) is 47.5 Å². The third kappa shape index (κ3) is 7.92. The van der Waals surface area contributed by atoms with E-state index in [2.05, 4.69) is 15.6 Å². The maximum Gasteiger partial charge on any atom is 0.191 e. The summed E-state index contributed by atoms with van der Waals surface area (Å²) in [6, 6.07) is 12.5. The Bertz CT molecular complexity index is 756. The van der Waals surface area contributed by atoms with Gasteiger partial charge in [-0.1, -0.05) is 18.2 Å². The van der Waals surface area contributed by atoms with Crippen LogP contribution in [0.4, 0.5) is 4.39 Å². The standard InChI is InChI=1S/C21H28FN3O2.HI/c1-4-26-19-10-9-16(14-20(19)27-5-2)11-12-24-21(23-3)25-15-17-7-6-8-18(22)13-17;/h6-10,13-14H,4-5,11-12,15H2,1-3H3,(H2,23,24,25);1H. The molecule has 0 bridgehead atoms. The van der Waals surface area contributed by atoms with Crippen molar-refractivity contribution >= 4 is 29.9 Å². The van der Waals surface area contributed by atoms with Gasteiger partial charge < -0.3 is 20.1 Å². The van der Waals surface area contributed by atoms with E-state index in [1.807, 2.05) is 38.1 Å². The van der Waals surface area contributed by atoms with E-state index >= 15 is 0 Å². The first-order valence-corrected chi connectivity index (χ1v) is 9.23. The molecule has 0 radical (unpaired) electrons. The van der Waals surface area contributed by atoms with E-state index in [9.17, 15) is 4.39 Å². The van der Waals surface area contributed by atoms with Crippen molar-refractivity contribution in [2.45, 2.75) is 26.8 Å². The summed E-state index contributed by atoms with van der Waals surface area (Å²) in [5, 5.41) is 6.45. The van der Waals surface area contributed by atoms with Crippen LogP contribution in [-0.4, -0.2) is 32.8 Å². The summed E-state index contributed by atoms with van der Waals surface area (Å²) in [5.74, 6) is 1.97. The van der Waals surface area contributed by atoms with Crippen molar-refractivity contribution in [3.05, 3.63) is 59.4 Å². The lowest BCUT2D eigenvalue weighted by atomic mass is 10.1. The fraction of sp³-hybridized carbons (Fsp3) is 0.381. The van der Waals surface area contributed by atoms with Gasteiger partial charge in [0.05, 0.1) is 13.2 Å². The molecule has 0 amide bonds. The molecule has 0 unspecified atom stereocenters. The Morgan fingerprint density at radius 1 is 0.964 bits per heavy atom. The van der Waals surface area contributed by atoms with E-state index in [1.165, 1.54) is 12.1 Å². The van der Waals surface area contributed by atoms with E-state index in [0.717, 1.165) is 29.0 Å². The predicted molar refractivity (Wildman–Crippen MR) is 123 cm³/mol. The molecule has 5 nitrogen and oxygen atoms in total. The van der Waals surface area contributed by atoms with Gasteiger partial charge >= 0.3 is 0 Å². The van der Waals surface area contributed by atoms with Crippen molar-refractivity contribution in [1.82, 2.24) is 10.6 Å². The van der Waals surface area contributed by atoms with Crippen molar-refractivity contribution < 1.29 is 13.9 Å². The van der Waals surface area contributed by atoms with Gasteiger partial charge in [-0.2, -0.15) is 0 Å². The Morgan fingerprint density at radius 2 is 1.71 bits per heavy atom. The molecule has 154 valence electrons. The monoisotopic (exact) mass is 501 g/mol. The molecule has 0 spiro atoms. The molecule has 0 aliphatic carbocycles. The van der Waals surface area contributed by atoms with Gasteiger partial charge in [0.15, 0.2) is 17.5 Å². The summed E-state index contributed by atoms with van der Waals surface area (Å²) in [6.45, 7) is 6.33. The minimum Gasteiger partial charge on any atom is -0.490 e. The second-order valence-electron chi connectivity index (χ2n) is 5.88. The number of hydrogen-bond acceptors (Lipinski definition) is 3. The largest absolute Gasteiger partial charge is 0.490 e. The molecule has 0 saturated carbocycles. The summed E-state index contributed by atoms with van der Waals surface area (Å²) >= 11 is 0. The zero-order chi connectivity index (χ0) is 19.5. The highest BCUT2D eigenvalue weighted by Gasteiger charge is 2.06. The number of aliphatic imine (C=N–C) groups is 1. The summed E-state index contributed by atoms with van der Waals surface area (Å²) in [5.41, 5.74) is 2.01. The molecule has 0 aromatic heterocycles. The van der Waals surface area contributed by atoms with Crippen LogP contribution < -0.4 is 20.1 Å². The molecular weight excluding hydrogens is 472 g/mol. The number of benzene rings is 2. The summed E-state index contributed by atoms with van der Waals surface area (Å²) in [7, 11) is 1.71. The molecule has 2 N–H and O–H groups in total. The third-order valence-corrected chi connectivity index (χ3v) is 3.89. The molecular formula is C21H29FIN3O2. The minimum atomic E-state index is -0.238. The van der Waals surface area contributed by atoms with Crippen LogP contribution in [0.5, 0.6) is 11.5 Å². The Hall–Kier alpha value is -2.03. The van der Waals surface area contributed by atoms with E-state index in [0.29, 0.717) is 32.3 Å². The number of nitrogens with one attached hydrogen (secondary N) is 2. The normalized spacial score (nSPS) is 10.8. The number of halogens is 2. The highest BCUT2D eigenvalue weighted by molar-refractivity contribution is 14.0. The van der Waals surface area contributed by atoms with Crippen LogP contribution in [0.2, 0.25) is 0 Å². The van der Waals surface area contributed by atoms with Crippen LogP contribution >= 0.6 is 24.0 Å². The van der Waals surface area contributed by atoms with Gasteiger partial charge in [-0.3, -0.25) is 4.99 Å². The molecule has 0 atom stereocenters. The first-order valence-electron chi connectivity index (χ1n) is 9.23. The molecule has 7 heteroatoms. The predicted octanol–water partition coefficient (Wildman–Crippen LogP) is 4.15. The number of guanidine groups is 1. The van der Waals surface area contributed by atoms with Crippen molar-refractivity contribution in [2.24, 2.45) is 4.99 Å². The lowest BCUT2D eigenvalue weighted by Crippen LogP contribution is -2.37. The van der Waals surface area contributed by atoms with Crippen LogP contribution in [0, 0.1) is 5.82 Å². The van der Waals surface area contributed by atoms with Crippen LogP contribution in [0.1, 0.15) is 25.0 Å². The molecule has 0 aliphatic rings. The summed E-state index contributed by atoms with van der Waals surface area (Å²) in [4.78, 5) is 4.20. The average molecular weight is 501 g/mol. The third-order valence-electron chi connectivity index (χ3n) is 3.89. The van der Waals surface area contributed by atoms with Crippen molar-refractivity contribution in [2.75, 3.05) is 26.8 Å². The number of rotatable bonds is 9. The molecule has 0 aliphatic heterocycles. The maximum absolute atomic E-state index is 13.2. The zero-order valence-corrected chi connectivity index (χ0v) is 19.0. The van der Waals surface area contributed by atoms with Crippen LogP contribution in [-0.2, 0) is 13.0 Å². The Kier molecular flexibility index (Phi) is 11.3. The lowest BCUT2D eigenvalue weighted by molar-refractivity contribution is 0.287. The number of hydrogen-bond donors (Lipinski definition) is 2. The van der Waals surface area contributed by atoms with Gasteiger partial charge in [0.1, 0.15) is 5.82 Å². The molecule has 2 aromatic rings. The van der Waals surface area contributed by atoms with Crippen molar-refractivity contribution in [3.63, 3.8) is 0 Å². The highest BCUT2D eigenvalue weighted by Crippen LogP contribution is 2.28. The molecule has 2 aromatic carbocycles. The summed E-state index contributed by atoms with van der Waals surface area (Å²) < 4.78 is 24.5. The van der Waals surface area contributed by atoms with Crippen LogP contribution in [0.3, 0.4) is 0 Å². The van der Waals surface area contributed by atoms with Gasteiger partial charge in [0.25, 0.3) is 0 Å². The fourth-order valence-corrected chi connectivity index (χ4v) is 2.63. The lowest BCUT2D eigenvalue weighted by Gasteiger charge is -2.14. The van der Waals surface area contributed by atoms with E-state index in [4.69, 9.17) is 9.47 Å². The van der Waals surface area contributed by atoms with E-state index < -0.39 is 0 Å². The first-order chi connectivity index (χ1) is 13.2. The maximum atomic E-state index is 13.2. The Morgan fingerprint density at radius 3 is 2.39 bits per heavy atom. The Labute approximate surface area is 183 Å². The fourth-order valence-electron chi connectivity index (χ4n) is 2.63. The molecule has 0 saturated heterocycles. The molecule has 0 fully saturated rings. The van der Waals surface area contributed by atoms with Crippen LogP contribution in [0.25, 0.3) is 0 Å². The highest BCUT2D eigenvalue weighted by atomic mass is 127. The Balaban J connectivity index is 0.00000392. The first kappa shape index (κ1) is 24.0. The van der Waals surface area contributed by atoms with E-state index in [-0.39, 0.29) is 29.8 Å². The van der Waals surface area contributed by atoms with Gasteiger partial charge in [-0.05, 0) is 55.7 Å². The quantitative estimate of drug-likeness (QED) is 0.308. The average Bonchev–Trinajstić information content (AvgIpc) is 2.67. The zero-order valence-electron chi connectivity index (χ0n) is 16.6. The van der Waals surface area contributed by atoms with E-state index in [1.54, 1.807) is 13.1 Å². The summed E-state index contributed by atoms with van der Waals surface area (Å²) in [6.07, 6.45) is 0.813. The topological polar surface area (TPSA) is 54.9 Å². The van der Waals surface area contributed by atoms with Gasteiger partial charge in [0, 0.05) is 20.1 Å². The van der Waals surface area contributed by atoms with Crippen molar-refractivity contribution in [1.29, 1.82) is 0 Å². The molecule has 2 rings (SSSR count). The molecule has 28 heavy (non-hydrogen) atoms. The van der Waals surface area contributed by atoms with Gasteiger partial charge in [-0.15, -0.1) is 24.0 Å². The molecule has 0 heterocycles. The SMILES string of the molecule is CCOc1ccc(CCNC(=NC)NCc2cccc(F)c2)cc1OCC.I. The second kappa shape index (κ2) is 13.2. The second-order valence-corrected chi connectivity index (χ2v) is 5.88. The van der Waals surface area contributed by atoms with Gasteiger partial charge in [-0.25, -0.2) is 4.39 Å². The van der Waals surface area contributed by atoms with Gasteiger partial charge in [0.2, 0.25) is 0 Å². The van der Waals surface area contributed by atoms with Crippen molar-refractivity contribution in [3.8, 4) is 11.5 Å². The number of nitrogens with zero attached hydrogens (tertiary/aromatic N) is 1. The number of ether oxygens (including phenoxy) is 2.